The van der Waals surface area contributed by atoms with E-state index in [4.69, 9.17) is 0 Å². The van der Waals surface area contributed by atoms with Gasteiger partial charge in [-0.2, -0.15) is 0 Å². The van der Waals surface area contributed by atoms with Gasteiger partial charge in [0.25, 0.3) is 0 Å². The molecule has 0 radical (unpaired) electrons. The van der Waals surface area contributed by atoms with Gasteiger partial charge in [-0.25, -0.2) is 4.98 Å². The van der Waals surface area contributed by atoms with E-state index in [9.17, 15) is 5.11 Å². The Kier molecular flexibility index (Phi) is 3.97. The number of likely N-dealkylation sites (tertiary alicyclic amines) is 1. The van der Waals surface area contributed by atoms with Gasteiger partial charge in [0.2, 0.25) is 0 Å². The fourth-order valence-corrected chi connectivity index (χ4v) is 4.27. The second-order valence-electron chi connectivity index (χ2n) is 5.62. The SMILES string of the molecule is OC1CCCCC1C1CCCN1Cc1nccs1. The van der Waals surface area contributed by atoms with Gasteiger partial charge in [-0.3, -0.25) is 4.90 Å². The van der Waals surface area contributed by atoms with Crippen LogP contribution in [0.3, 0.4) is 0 Å². The maximum absolute atomic E-state index is 10.2. The Morgan fingerprint density at radius 1 is 1.28 bits per heavy atom. The van der Waals surface area contributed by atoms with Crippen LogP contribution in [0.5, 0.6) is 0 Å². The largest absolute Gasteiger partial charge is 0.393 e. The van der Waals surface area contributed by atoms with E-state index in [1.54, 1.807) is 11.3 Å². The van der Waals surface area contributed by atoms with Gasteiger partial charge in [-0.15, -0.1) is 11.3 Å². The lowest BCUT2D eigenvalue weighted by Gasteiger charge is -2.37. The molecule has 0 aromatic carbocycles. The molecule has 4 heteroatoms. The molecule has 2 heterocycles. The van der Waals surface area contributed by atoms with Crippen LogP contribution in [0.1, 0.15) is 43.5 Å². The molecule has 1 saturated heterocycles. The maximum atomic E-state index is 10.2. The smallest absolute Gasteiger partial charge is 0.107 e. The topological polar surface area (TPSA) is 36.4 Å². The molecule has 1 aromatic heterocycles. The molecule has 1 aliphatic carbocycles. The lowest BCUT2D eigenvalue weighted by Crippen LogP contribution is -2.42. The predicted molar refractivity (Wildman–Crippen MR) is 73.5 cm³/mol. The van der Waals surface area contributed by atoms with Crippen LogP contribution >= 0.6 is 11.3 Å². The van der Waals surface area contributed by atoms with Crippen molar-refractivity contribution >= 4 is 11.3 Å². The van der Waals surface area contributed by atoms with Crippen LogP contribution in [0, 0.1) is 5.92 Å². The summed E-state index contributed by atoms with van der Waals surface area (Å²) in [5, 5.41) is 13.5. The van der Waals surface area contributed by atoms with Gasteiger partial charge in [0, 0.05) is 23.5 Å². The van der Waals surface area contributed by atoms with Crippen LogP contribution in [-0.4, -0.2) is 33.7 Å². The van der Waals surface area contributed by atoms with Crippen molar-refractivity contribution in [3.63, 3.8) is 0 Å². The first-order valence-corrected chi connectivity index (χ1v) is 8.03. The number of aliphatic hydroxyl groups excluding tert-OH is 1. The lowest BCUT2D eigenvalue weighted by molar-refractivity contribution is 0.0201. The first kappa shape index (κ1) is 12.6. The summed E-state index contributed by atoms with van der Waals surface area (Å²) in [6.45, 7) is 2.15. The zero-order valence-electron chi connectivity index (χ0n) is 10.8. The highest BCUT2D eigenvalue weighted by molar-refractivity contribution is 7.09. The van der Waals surface area contributed by atoms with E-state index in [1.165, 1.54) is 43.7 Å². The Labute approximate surface area is 113 Å². The highest BCUT2D eigenvalue weighted by Gasteiger charge is 2.36. The van der Waals surface area contributed by atoms with Gasteiger partial charge in [-0.1, -0.05) is 12.8 Å². The molecule has 100 valence electrons. The number of hydrogen-bond acceptors (Lipinski definition) is 4. The summed E-state index contributed by atoms with van der Waals surface area (Å²) in [6, 6.07) is 0.587. The Morgan fingerprint density at radius 3 is 2.94 bits per heavy atom. The molecule has 1 aliphatic heterocycles. The summed E-state index contributed by atoms with van der Waals surface area (Å²) in [6.07, 6.45) is 9.07. The van der Waals surface area contributed by atoms with Gasteiger partial charge in [0.15, 0.2) is 0 Å². The third-order valence-corrected chi connectivity index (χ3v) is 5.28. The molecular weight excluding hydrogens is 244 g/mol. The van der Waals surface area contributed by atoms with Crippen molar-refractivity contribution in [2.75, 3.05) is 6.54 Å². The standard InChI is InChI=1S/C14H22N2OS/c17-13-6-2-1-4-11(13)12-5-3-8-16(12)10-14-15-7-9-18-14/h7,9,11-13,17H,1-6,8,10H2. The lowest BCUT2D eigenvalue weighted by atomic mass is 9.80. The van der Waals surface area contributed by atoms with Crippen LogP contribution in [0.25, 0.3) is 0 Å². The molecule has 3 atom stereocenters. The third kappa shape index (κ3) is 2.60. The molecule has 0 bridgehead atoms. The molecule has 2 fully saturated rings. The first-order valence-electron chi connectivity index (χ1n) is 7.15. The van der Waals surface area contributed by atoms with E-state index in [1.807, 2.05) is 6.20 Å². The average molecular weight is 266 g/mol. The molecule has 1 aromatic rings. The van der Waals surface area contributed by atoms with Crippen LogP contribution < -0.4 is 0 Å². The molecule has 0 spiro atoms. The van der Waals surface area contributed by atoms with Crippen LogP contribution in [0.4, 0.5) is 0 Å². The van der Waals surface area contributed by atoms with Crippen molar-refractivity contribution < 1.29 is 5.11 Å². The average Bonchev–Trinajstić information content (AvgIpc) is 3.02. The maximum Gasteiger partial charge on any atom is 0.107 e. The van der Waals surface area contributed by atoms with Crippen LogP contribution in [0.15, 0.2) is 11.6 Å². The second kappa shape index (κ2) is 5.68. The molecule has 18 heavy (non-hydrogen) atoms. The Morgan fingerprint density at radius 2 is 2.17 bits per heavy atom. The van der Waals surface area contributed by atoms with Gasteiger partial charge in [0.1, 0.15) is 5.01 Å². The molecule has 1 saturated carbocycles. The number of thiazole rings is 1. The van der Waals surface area contributed by atoms with E-state index < -0.39 is 0 Å². The fourth-order valence-electron chi connectivity index (χ4n) is 3.63. The monoisotopic (exact) mass is 266 g/mol. The Bertz CT molecular complexity index is 368. The Hall–Kier alpha value is -0.450. The van der Waals surface area contributed by atoms with Crippen molar-refractivity contribution in [2.45, 2.75) is 57.2 Å². The Balaban J connectivity index is 1.66. The van der Waals surface area contributed by atoms with Crippen molar-refractivity contribution in [1.29, 1.82) is 0 Å². The molecular formula is C14H22N2OS. The van der Waals surface area contributed by atoms with Gasteiger partial charge >= 0.3 is 0 Å². The fraction of sp³-hybridized carbons (Fsp3) is 0.786. The molecule has 2 aliphatic rings. The summed E-state index contributed by atoms with van der Waals surface area (Å²) in [5.74, 6) is 0.501. The number of aliphatic hydroxyl groups is 1. The van der Waals surface area contributed by atoms with Crippen molar-refractivity contribution in [1.82, 2.24) is 9.88 Å². The summed E-state index contributed by atoms with van der Waals surface area (Å²) >= 11 is 1.74. The van der Waals surface area contributed by atoms with Gasteiger partial charge < -0.3 is 5.11 Å². The van der Waals surface area contributed by atoms with Crippen molar-refractivity contribution in [2.24, 2.45) is 5.92 Å². The van der Waals surface area contributed by atoms with Crippen molar-refractivity contribution in [3.05, 3.63) is 16.6 Å². The highest BCUT2D eigenvalue weighted by Crippen LogP contribution is 2.35. The molecule has 0 amide bonds. The molecule has 3 rings (SSSR count). The minimum Gasteiger partial charge on any atom is -0.393 e. The van der Waals surface area contributed by atoms with E-state index in [-0.39, 0.29) is 6.10 Å². The molecule has 3 unspecified atom stereocenters. The van der Waals surface area contributed by atoms with Gasteiger partial charge in [0.05, 0.1) is 12.6 Å². The number of aromatic nitrogens is 1. The molecule has 1 N–H and O–H groups in total. The number of nitrogens with zero attached hydrogens (tertiary/aromatic N) is 2. The van der Waals surface area contributed by atoms with E-state index in [2.05, 4.69) is 15.3 Å². The van der Waals surface area contributed by atoms with E-state index in [0.29, 0.717) is 12.0 Å². The van der Waals surface area contributed by atoms with Gasteiger partial charge in [-0.05, 0) is 32.2 Å². The summed E-state index contributed by atoms with van der Waals surface area (Å²) in [4.78, 5) is 6.95. The highest BCUT2D eigenvalue weighted by atomic mass is 32.1. The molecule has 3 nitrogen and oxygen atoms in total. The van der Waals surface area contributed by atoms with E-state index >= 15 is 0 Å². The number of rotatable bonds is 3. The zero-order valence-corrected chi connectivity index (χ0v) is 11.6. The quantitative estimate of drug-likeness (QED) is 0.913. The van der Waals surface area contributed by atoms with Crippen LogP contribution in [0.2, 0.25) is 0 Å². The normalized spacial score (nSPS) is 33.9. The minimum atomic E-state index is -0.0688. The van der Waals surface area contributed by atoms with E-state index in [0.717, 1.165) is 13.0 Å². The van der Waals surface area contributed by atoms with Crippen LogP contribution in [-0.2, 0) is 6.54 Å². The first-order chi connectivity index (χ1) is 8.84. The van der Waals surface area contributed by atoms with Crippen molar-refractivity contribution in [3.8, 4) is 0 Å². The summed E-state index contributed by atoms with van der Waals surface area (Å²) in [5.41, 5.74) is 0. The summed E-state index contributed by atoms with van der Waals surface area (Å²) < 4.78 is 0. The number of hydrogen-bond donors (Lipinski definition) is 1. The second-order valence-corrected chi connectivity index (χ2v) is 6.60. The third-order valence-electron chi connectivity index (χ3n) is 4.51. The summed E-state index contributed by atoms with van der Waals surface area (Å²) in [7, 11) is 0. The zero-order chi connectivity index (χ0) is 12.4. The predicted octanol–water partition coefficient (Wildman–Crippen LogP) is 2.66. The minimum absolute atomic E-state index is 0.0688.